The summed E-state index contributed by atoms with van der Waals surface area (Å²) in [6, 6.07) is 5.92. The van der Waals surface area contributed by atoms with Crippen LogP contribution in [0.4, 0.5) is 0 Å². The molecule has 0 N–H and O–H groups in total. The predicted molar refractivity (Wildman–Crippen MR) is 89.1 cm³/mol. The molecule has 6 nitrogen and oxygen atoms in total. The number of benzene rings is 1. The number of rotatable bonds is 3. The standard InChI is InChI=1S/C19H21NO5/c1-11-6-7-13-12(10-11)19(20-8-4-5-9-20)15(18(22)24-3)14(16(19)25-13)17(21)23-2/h6-7,10,16H,4-5,8-9H2,1-3H3. The van der Waals surface area contributed by atoms with Crippen molar-refractivity contribution < 1.29 is 23.8 Å². The second-order valence-electron chi connectivity index (χ2n) is 6.73. The van der Waals surface area contributed by atoms with Crippen LogP contribution in [-0.2, 0) is 24.6 Å². The molecule has 0 saturated carbocycles. The van der Waals surface area contributed by atoms with E-state index in [0.717, 1.165) is 37.1 Å². The van der Waals surface area contributed by atoms with Gasteiger partial charge in [0.2, 0.25) is 0 Å². The van der Waals surface area contributed by atoms with Gasteiger partial charge in [-0.25, -0.2) is 9.59 Å². The topological polar surface area (TPSA) is 65.1 Å². The zero-order valence-corrected chi connectivity index (χ0v) is 14.6. The number of carbonyl (C=O) groups excluding carboxylic acids is 2. The average molecular weight is 343 g/mol. The van der Waals surface area contributed by atoms with Gasteiger partial charge in [-0.15, -0.1) is 0 Å². The molecule has 1 saturated heterocycles. The molecule has 132 valence electrons. The van der Waals surface area contributed by atoms with Crippen molar-refractivity contribution >= 4 is 11.9 Å². The Morgan fingerprint density at radius 3 is 2.48 bits per heavy atom. The van der Waals surface area contributed by atoms with E-state index in [-0.39, 0.29) is 5.57 Å². The van der Waals surface area contributed by atoms with Crippen molar-refractivity contribution in [3.63, 3.8) is 0 Å². The van der Waals surface area contributed by atoms with E-state index >= 15 is 0 Å². The summed E-state index contributed by atoms with van der Waals surface area (Å²) in [6.07, 6.45) is 1.57. The third kappa shape index (κ3) is 1.94. The highest BCUT2D eigenvalue weighted by Gasteiger charge is 2.69. The van der Waals surface area contributed by atoms with Gasteiger partial charge in [0.15, 0.2) is 6.10 Å². The molecule has 6 heteroatoms. The van der Waals surface area contributed by atoms with E-state index in [1.807, 2.05) is 25.1 Å². The average Bonchev–Trinajstić information content (AvgIpc) is 3.21. The minimum absolute atomic E-state index is 0.273. The lowest BCUT2D eigenvalue weighted by atomic mass is 9.64. The molecule has 0 radical (unpaired) electrons. The fourth-order valence-electron chi connectivity index (χ4n) is 4.44. The summed E-state index contributed by atoms with van der Waals surface area (Å²) < 4.78 is 16.1. The highest BCUT2D eigenvalue weighted by molar-refractivity contribution is 6.08. The SMILES string of the molecule is COC(=O)C1=C(C(=O)OC)C2(N3CCCC3)c3cc(C)ccc3OC12. The van der Waals surface area contributed by atoms with E-state index in [1.54, 1.807) is 0 Å². The van der Waals surface area contributed by atoms with Crippen molar-refractivity contribution in [1.29, 1.82) is 0 Å². The third-order valence-corrected chi connectivity index (χ3v) is 5.48. The second kappa shape index (κ2) is 5.59. The number of carbonyl (C=O) groups is 2. The highest BCUT2D eigenvalue weighted by Crippen LogP contribution is 2.60. The largest absolute Gasteiger partial charge is 0.482 e. The molecule has 2 atom stereocenters. The molecule has 0 bridgehead atoms. The first-order valence-corrected chi connectivity index (χ1v) is 8.49. The summed E-state index contributed by atoms with van der Waals surface area (Å²) in [7, 11) is 2.65. The van der Waals surface area contributed by atoms with Crippen molar-refractivity contribution in [2.24, 2.45) is 0 Å². The summed E-state index contributed by atoms with van der Waals surface area (Å²) in [6.45, 7) is 3.71. The molecule has 2 aliphatic heterocycles. The molecule has 1 fully saturated rings. The monoisotopic (exact) mass is 343 g/mol. The Morgan fingerprint density at radius 2 is 1.84 bits per heavy atom. The van der Waals surface area contributed by atoms with E-state index in [0.29, 0.717) is 11.3 Å². The number of ether oxygens (including phenoxy) is 3. The van der Waals surface area contributed by atoms with E-state index in [4.69, 9.17) is 14.2 Å². The summed E-state index contributed by atoms with van der Waals surface area (Å²) in [5.74, 6) is -0.325. The zero-order valence-electron chi connectivity index (χ0n) is 14.6. The lowest BCUT2D eigenvalue weighted by Gasteiger charge is -2.50. The van der Waals surface area contributed by atoms with E-state index in [2.05, 4.69) is 4.90 Å². The van der Waals surface area contributed by atoms with Crippen LogP contribution in [0, 0.1) is 6.92 Å². The number of methoxy groups -OCH3 is 2. The van der Waals surface area contributed by atoms with Crippen molar-refractivity contribution in [2.75, 3.05) is 27.3 Å². The predicted octanol–water partition coefficient (Wildman–Crippen LogP) is 1.70. The van der Waals surface area contributed by atoms with Crippen molar-refractivity contribution in [3.05, 3.63) is 40.5 Å². The van der Waals surface area contributed by atoms with Crippen molar-refractivity contribution in [3.8, 4) is 5.75 Å². The van der Waals surface area contributed by atoms with Crippen molar-refractivity contribution in [1.82, 2.24) is 4.90 Å². The molecule has 2 unspecified atom stereocenters. The lowest BCUT2D eigenvalue weighted by Crippen LogP contribution is -2.64. The molecule has 0 amide bonds. The maximum atomic E-state index is 12.7. The molecule has 0 spiro atoms. The summed E-state index contributed by atoms with van der Waals surface area (Å²) in [5.41, 5.74) is 1.90. The first kappa shape index (κ1) is 16.1. The van der Waals surface area contributed by atoms with Gasteiger partial charge in [-0.2, -0.15) is 0 Å². The first-order chi connectivity index (χ1) is 12.1. The molecule has 0 aromatic heterocycles. The normalized spacial score (nSPS) is 27.2. The van der Waals surface area contributed by atoms with Crippen LogP contribution in [0.25, 0.3) is 0 Å². The van der Waals surface area contributed by atoms with Crippen LogP contribution in [0.1, 0.15) is 24.0 Å². The molecular weight excluding hydrogens is 322 g/mol. The Balaban J connectivity index is 1.97. The third-order valence-electron chi connectivity index (χ3n) is 5.48. The number of likely N-dealkylation sites (tertiary alicyclic amines) is 1. The summed E-state index contributed by atoms with van der Waals surface area (Å²) in [5, 5.41) is 0. The second-order valence-corrected chi connectivity index (χ2v) is 6.73. The van der Waals surface area contributed by atoms with Crippen LogP contribution in [0.2, 0.25) is 0 Å². The molecular formula is C19H21NO5. The van der Waals surface area contributed by atoms with Crippen LogP contribution in [0.15, 0.2) is 29.3 Å². The lowest BCUT2D eigenvalue weighted by molar-refractivity contribution is -0.146. The van der Waals surface area contributed by atoms with Crippen LogP contribution in [-0.4, -0.2) is 50.3 Å². The summed E-state index contributed by atoms with van der Waals surface area (Å²) >= 11 is 0. The molecule has 1 aromatic rings. The first-order valence-electron chi connectivity index (χ1n) is 8.49. The van der Waals surface area contributed by atoms with Gasteiger partial charge in [0.25, 0.3) is 0 Å². The fraction of sp³-hybridized carbons (Fsp3) is 0.474. The number of esters is 2. The van der Waals surface area contributed by atoms with Crippen LogP contribution in [0.5, 0.6) is 5.75 Å². The van der Waals surface area contributed by atoms with Gasteiger partial charge >= 0.3 is 11.9 Å². The Morgan fingerprint density at radius 1 is 1.16 bits per heavy atom. The maximum absolute atomic E-state index is 12.7. The van der Waals surface area contributed by atoms with Crippen LogP contribution >= 0.6 is 0 Å². The quantitative estimate of drug-likeness (QED) is 0.779. The van der Waals surface area contributed by atoms with Crippen molar-refractivity contribution in [2.45, 2.75) is 31.4 Å². The highest BCUT2D eigenvalue weighted by atomic mass is 16.5. The maximum Gasteiger partial charge on any atom is 0.338 e. The molecule has 1 aliphatic carbocycles. The molecule has 2 heterocycles. The fourth-order valence-corrected chi connectivity index (χ4v) is 4.44. The minimum Gasteiger partial charge on any atom is -0.482 e. The van der Waals surface area contributed by atoms with Gasteiger partial charge in [-0.1, -0.05) is 11.6 Å². The Hall–Kier alpha value is -2.34. The van der Waals surface area contributed by atoms with E-state index in [1.165, 1.54) is 14.2 Å². The van der Waals surface area contributed by atoms with Gasteiger partial charge in [0, 0.05) is 5.56 Å². The number of fused-ring (bicyclic) bond motifs is 3. The molecule has 1 aromatic carbocycles. The number of aryl methyl sites for hydroxylation is 1. The number of nitrogens with zero attached hydrogens (tertiary/aromatic N) is 1. The van der Waals surface area contributed by atoms with Gasteiger partial charge in [0.1, 0.15) is 11.3 Å². The minimum atomic E-state index is -0.755. The van der Waals surface area contributed by atoms with Gasteiger partial charge in [-0.05, 0) is 45.0 Å². The number of hydrogen-bond acceptors (Lipinski definition) is 6. The van der Waals surface area contributed by atoms with Crippen LogP contribution in [0.3, 0.4) is 0 Å². The van der Waals surface area contributed by atoms with Crippen LogP contribution < -0.4 is 4.74 Å². The Kier molecular flexibility index (Phi) is 3.61. The molecule has 3 aliphatic rings. The smallest absolute Gasteiger partial charge is 0.338 e. The Labute approximate surface area is 146 Å². The molecule has 25 heavy (non-hydrogen) atoms. The van der Waals surface area contributed by atoms with E-state index < -0.39 is 23.6 Å². The van der Waals surface area contributed by atoms with Gasteiger partial charge < -0.3 is 14.2 Å². The summed E-state index contributed by atoms with van der Waals surface area (Å²) in [4.78, 5) is 27.3. The zero-order chi connectivity index (χ0) is 17.8. The van der Waals surface area contributed by atoms with Gasteiger partial charge in [0.05, 0.1) is 25.4 Å². The molecule has 4 rings (SSSR count). The Bertz CT molecular complexity index is 793. The van der Waals surface area contributed by atoms with Gasteiger partial charge in [-0.3, -0.25) is 4.90 Å². The van der Waals surface area contributed by atoms with E-state index in [9.17, 15) is 9.59 Å². The number of hydrogen-bond donors (Lipinski definition) is 0.